The Kier molecular flexibility index (Phi) is 4.72. The van der Waals surface area contributed by atoms with Crippen LogP contribution < -0.4 is 9.46 Å². The van der Waals surface area contributed by atoms with Crippen LogP contribution in [-0.4, -0.2) is 26.7 Å². The molecule has 3 rings (SSSR count). The molecule has 1 unspecified atom stereocenters. The third kappa shape index (κ3) is 3.58. The van der Waals surface area contributed by atoms with E-state index in [1.807, 2.05) is 25.1 Å². The summed E-state index contributed by atoms with van der Waals surface area (Å²) in [4.78, 5) is 1.02. The van der Waals surface area contributed by atoms with Crippen LogP contribution in [-0.2, 0) is 22.9 Å². The highest BCUT2D eigenvalue weighted by atomic mass is 32.2. The summed E-state index contributed by atoms with van der Waals surface area (Å²) in [6.45, 7) is 2.58. The predicted octanol–water partition coefficient (Wildman–Crippen LogP) is 2.26. The lowest BCUT2D eigenvalue weighted by molar-refractivity contribution is 0.182. The average Bonchev–Trinajstić information content (AvgIpc) is 3.20. The Hall–Kier alpha value is -1.41. The summed E-state index contributed by atoms with van der Waals surface area (Å²) < 4.78 is 32.7. The zero-order valence-electron chi connectivity index (χ0n) is 12.8. The molecule has 1 atom stereocenters. The van der Waals surface area contributed by atoms with Crippen LogP contribution in [0.5, 0.6) is 5.75 Å². The summed E-state index contributed by atoms with van der Waals surface area (Å²) in [7, 11) is -3.58. The van der Waals surface area contributed by atoms with Gasteiger partial charge in [-0.15, -0.1) is 11.3 Å². The molecular weight excluding hydrogens is 334 g/mol. The number of rotatable bonds is 6. The largest absolute Gasteiger partial charge is 0.493 e. The van der Waals surface area contributed by atoms with Crippen molar-refractivity contribution in [1.29, 1.82) is 0 Å². The van der Waals surface area contributed by atoms with Crippen LogP contribution in [0.2, 0.25) is 0 Å². The second-order valence-electron chi connectivity index (χ2n) is 5.41. The molecule has 124 valence electrons. The van der Waals surface area contributed by atoms with Crippen LogP contribution in [0.4, 0.5) is 0 Å². The van der Waals surface area contributed by atoms with Gasteiger partial charge in [-0.1, -0.05) is 13.0 Å². The molecule has 5 nitrogen and oxygen atoms in total. The van der Waals surface area contributed by atoms with E-state index in [4.69, 9.17) is 4.74 Å². The molecule has 23 heavy (non-hydrogen) atoms. The molecule has 0 saturated heterocycles. The molecule has 7 heteroatoms. The molecule has 2 N–H and O–H groups in total. The third-order valence-electron chi connectivity index (χ3n) is 3.82. The molecule has 0 spiro atoms. The third-order valence-corrected chi connectivity index (χ3v) is 6.96. The van der Waals surface area contributed by atoms with Crippen LogP contribution in [0.15, 0.2) is 34.5 Å². The van der Waals surface area contributed by atoms with Gasteiger partial charge < -0.3 is 9.84 Å². The van der Waals surface area contributed by atoms with Gasteiger partial charge in [0.2, 0.25) is 10.0 Å². The van der Waals surface area contributed by atoms with Gasteiger partial charge in [0, 0.05) is 17.8 Å². The van der Waals surface area contributed by atoms with E-state index in [0.29, 0.717) is 12.2 Å². The van der Waals surface area contributed by atoms with Gasteiger partial charge >= 0.3 is 0 Å². The predicted molar refractivity (Wildman–Crippen MR) is 89.5 cm³/mol. The first-order chi connectivity index (χ1) is 11.0. The number of thiophene rings is 1. The quantitative estimate of drug-likeness (QED) is 0.835. The number of sulfonamides is 1. The van der Waals surface area contributed by atoms with Crippen molar-refractivity contribution in [2.24, 2.45) is 0 Å². The summed E-state index contributed by atoms with van der Waals surface area (Å²) >= 11 is 1.25. The van der Waals surface area contributed by atoms with Crippen molar-refractivity contribution in [3.05, 3.63) is 46.3 Å². The first-order valence-corrected chi connectivity index (χ1v) is 9.81. The highest BCUT2D eigenvalue weighted by Crippen LogP contribution is 2.28. The second-order valence-corrected chi connectivity index (χ2v) is 8.57. The Morgan fingerprint density at radius 1 is 1.35 bits per heavy atom. The average molecular weight is 353 g/mol. The highest BCUT2D eigenvalue weighted by molar-refractivity contribution is 7.91. The summed E-state index contributed by atoms with van der Waals surface area (Å²) in [5.41, 5.74) is 1.74. The summed E-state index contributed by atoms with van der Waals surface area (Å²) in [5.74, 6) is 0.840. The first-order valence-electron chi connectivity index (χ1n) is 7.51. The van der Waals surface area contributed by atoms with Crippen molar-refractivity contribution >= 4 is 21.4 Å². The van der Waals surface area contributed by atoms with Gasteiger partial charge in [0.1, 0.15) is 9.96 Å². The fraction of sp³-hybridized carbons (Fsp3) is 0.375. The van der Waals surface area contributed by atoms with Crippen molar-refractivity contribution in [3.8, 4) is 5.75 Å². The molecule has 2 heterocycles. The number of aliphatic hydroxyl groups is 1. The SMILES string of the molecule is CCc1ccc(S(=O)(=O)NCC(O)c2ccc3c(c2)CCO3)s1. The number of ether oxygens (including phenoxy) is 1. The van der Waals surface area contributed by atoms with Gasteiger partial charge in [0.15, 0.2) is 0 Å². The normalized spacial score (nSPS) is 15.2. The molecule has 0 saturated carbocycles. The number of fused-ring (bicyclic) bond motifs is 1. The number of hydrogen-bond donors (Lipinski definition) is 2. The van der Waals surface area contributed by atoms with Crippen molar-refractivity contribution in [1.82, 2.24) is 4.72 Å². The summed E-state index contributed by atoms with van der Waals surface area (Å²) in [5, 5.41) is 10.2. The molecule has 1 aromatic carbocycles. The lowest BCUT2D eigenvalue weighted by atomic mass is 10.0. The van der Waals surface area contributed by atoms with Crippen LogP contribution in [0.3, 0.4) is 0 Å². The fourth-order valence-corrected chi connectivity index (χ4v) is 4.86. The lowest BCUT2D eigenvalue weighted by Crippen LogP contribution is -2.28. The summed E-state index contributed by atoms with van der Waals surface area (Å²) in [6, 6.07) is 8.88. The maximum Gasteiger partial charge on any atom is 0.250 e. The molecule has 1 aliphatic rings. The lowest BCUT2D eigenvalue weighted by Gasteiger charge is -2.13. The maximum absolute atomic E-state index is 12.3. The zero-order chi connectivity index (χ0) is 16.4. The maximum atomic E-state index is 12.3. The smallest absolute Gasteiger partial charge is 0.250 e. The van der Waals surface area contributed by atoms with Crippen molar-refractivity contribution in [3.63, 3.8) is 0 Å². The van der Waals surface area contributed by atoms with E-state index in [0.717, 1.165) is 29.0 Å². The monoisotopic (exact) mass is 353 g/mol. The molecule has 1 aliphatic heterocycles. The Balaban J connectivity index is 1.67. The van der Waals surface area contributed by atoms with E-state index in [-0.39, 0.29) is 10.8 Å². The van der Waals surface area contributed by atoms with E-state index in [9.17, 15) is 13.5 Å². The molecular formula is C16H19NO4S2. The molecule has 0 radical (unpaired) electrons. The van der Waals surface area contributed by atoms with Gasteiger partial charge in [-0.2, -0.15) is 0 Å². The van der Waals surface area contributed by atoms with Crippen LogP contribution in [0.1, 0.15) is 29.0 Å². The van der Waals surface area contributed by atoms with Gasteiger partial charge in [0.05, 0.1) is 12.7 Å². The Morgan fingerprint density at radius 3 is 2.91 bits per heavy atom. The molecule has 0 fully saturated rings. The van der Waals surface area contributed by atoms with E-state index in [2.05, 4.69) is 4.72 Å². The topological polar surface area (TPSA) is 75.6 Å². The minimum atomic E-state index is -3.58. The van der Waals surface area contributed by atoms with E-state index >= 15 is 0 Å². The highest BCUT2D eigenvalue weighted by Gasteiger charge is 2.20. The Labute approximate surface area is 140 Å². The minimum Gasteiger partial charge on any atom is -0.493 e. The fourth-order valence-electron chi connectivity index (χ4n) is 2.48. The molecule has 0 aliphatic carbocycles. The van der Waals surface area contributed by atoms with Crippen molar-refractivity contribution < 1.29 is 18.3 Å². The second kappa shape index (κ2) is 6.60. The molecule has 0 amide bonds. The molecule has 0 bridgehead atoms. The van der Waals surface area contributed by atoms with E-state index in [1.54, 1.807) is 12.1 Å². The van der Waals surface area contributed by atoms with Crippen molar-refractivity contribution in [2.45, 2.75) is 30.1 Å². The van der Waals surface area contributed by atoms with E-state index in [1.165, 1.54) is 11.3 Å². The molecule has 2 aromatic rings. The van der Waals surface area contributed by atoms with E-state index < -0.39 is 16.1 Å². The van der Waals surface area contributed by atoms with Crippen LogP contribution >= 0.6 is 11.3 Å². The Morgan fingerprint density at radius 2 is 2.17 bits per heavy atom. The van der Waals surface area contributed by atoms with Crippen LogP contribution in [0, 0.1) is 0 Å². The Bertz CT molecular complexity index is 798. The minimum absolute atomic E-state index is 0.0542. The number of nitrogens with one attached hydrogen (secondary N) is 1. The van der Waals surface area contributed by atoms with Gasteiger partial charge in [-0.05, 0) is 41.8 Å². The number of benzene rings is 1. The zero-order valence-corrected chi connectivity index (χ0v) is 14.4. The van der Waals surface area contributed by atoms with Crippen LogP contribution in [0.25, 0.3) is 0 Å². The van der Waals surface area contributed by atoms with Gasteiger partial charge in [-0.3, -0.25) is 0 Å². The molecule has 1 aromatic heterocycles. The van der Waals surface area contributed by atoms with Crippen molar-refractivity contribution in [2.75, 3.05) is 13.2 Å². The standard InChI is InChI=1S/C16H19NO4S2/c1-2-13-4-6-16(22-13)23(19,20)17-10-14(18)11-3-5-15-12(9-11)7-8-21-15/h3-6,9,14,17-18H,2,7-8,10H2,1H3. The summed E-state index contributed by atoms with van der Waals surface area (Å²) in [6.07, 6.45) is 0.734. The van der Waals surface area contributed by atoms with Gasteiger partial charge in [-0.25, -0.2) is 13.1 Å². The number of aliphatic hydroxyl groups excluding tert-OH is 1. The number of aryl methyl sites for hydroxylation is 1. The first kappa shape index (κ1) is 16.4. The number of hydrogen-bond acceptors (Lipinski definition) is 5. The van der Waals surface area contributed by atoms with Gasteiger partial charge in [0.25, 0.3) is 0 Å².